The van der Waals surface area contributed by atoms with Crippen LogP contribution in [0.2, 0.25) is 0 Å². The van der Waals surface area contributed by atoms with Crippen molar-refractivity contribution in [1.29, 1.82) is 0 Å². The van der Waals surface area contributed by atoms with Crippen molar-refractivity contribution in [1.82, 2.24) is 5.32 Å². The summed E-state index contributed by atoms with van der Waals surface area (Å²) in [6, 6.07) is 11.4. The Labute approximate surface area is 156 Å². The van der Waals surface area contributed by atoms with Crippen LogP contribution in [0.1, 0.15) is 21.5 Å². The Kier molecular flexibility index (Phi) is 6.87. The van der Waals surface area contributed by atoms with Crippen LogP contribution >= 0.6 is 0 Å². The van der Waals surface area contributed by atoms with E-state index < -0.39 is 23.4 Å². The molecule has 0 aliphatic heterocycles. The van der Waals surface area contributed by atoms with Gasteiger partial charge in [0.15, 0.2) is 6.61 Å². The van der Waals surface area contributed by atoms with Crippen LogP contribution in [0.15, 0.2) is 42.5 Å². The quantitative estimate of drug-likeness (QED) is 0.433. The van der Waals surface area contributed by atoms with Gasteiger partial charge in [-0.25, -0.2) is 4.79 Å². The predicted molar refractivity (Wildman–Crippen MR) is 97.8 cm³/mol. The molecule has 0 unspecified atom stereocenters. The zero-order valence-corrected chi connectivity index (χ0v) is 15.1. The fourth-order valence-electron chi connectivity index (χ4n) is 2.39. The summed E-state index contributed by atoms with van der Waals surface area (Å²) in [5.41, 5.74) is 1.46. The number of benzene rings is 2. The molecule has 27 heavy (non-hydrogen) atoms. The molecule has 1 amide bonds. The summed E-state index contributed by atoms with van der Waals surface area (Å²) in [6.45, 7) is 1.51. The maximum atomic E-state index is 12.0. The summed E-state index contributed by atoms with van der Waals surface area (Å²) < 4.78 is 10.0. The van der Waals surface area contributed by atoms with E-state index in [1.165, 1.54) is 25.1 Å². The molecule has 2 aromatic rings. The van der Waals surface area contributed by atoms with Crippen molar-refractivity contribution >= 4 is 17.6 Å². The van der Waals surface area contributed by atoms with Gasteiger partial charge in [0.05, 0.1) is 17.6 Å². The number of ether oxygens (including phenoxy) is 2. The molecule has 1 N–H and O–H groups in total. The molecule has 0 atom stereocenters. The minimum Gasteiger partial charge on any atom is -0.497 e. The molecular formula is C19H20N2O6. The highest BCUT2D eigenvalue weighted by molar-refractivity contribution is 5.91. The Morgan fingerprint density at radius 3 is 2.44 bits per heavy atom. The molecule has 0 radical (unpaired) electrons. The number of nitrogens with zero attached hydrogens (tertiary/aromatic N) is 1. The largest absolute Gasteiger partial charge is 0.497 e. The Hall–Kier alpha value is -3.42. The van der Waals surface area contributed by atoms with Gasteiger partial charge in [-0.15, -0.1) is 0 Å². The molecule has 0 bridgehead atoms. The number of carbonyl (C=O) groups is 2. The fraction of sp³-hybridized carbons (Fsp3) is 0.263. The van der Waals surface area contributed by atoms with Crippen LogP contribution in [0.4, 0.5) is 5.69 Å². The molecule has 0 saturated heterocycles. The maximum absolute atomic E-state index is 12.0. The van der Waals surface area contributed by atoms with Gasteiger partial charge in [-0.3, -0.25) is 14.9 Å². The van der Waals surface area contributed by atoms with E-state index in [2.05, 4.69) is 5.32 Å². The van der Waals surface area contributed by atoms with Gasteiger partial charge in [0.1, 0.15) is 5.75 Å². The van der Waals surface area contributed by atoms with E-state index in [9.17, 15) is 19.7 Å². The van der Waals surface area contributed by atoms with Crippen LogP contribution in [0.3, 0.4) is 0 Å². The molecule has 8 nitrogen and oxygen atoms in total. The third-order valence-corrected chi connectivity index (χ3v) is 3.86. The van der Waals surface area contributed by atoms with E-state index in [0.717, 1.165) is 11.3 Å². The number of hydrogen-bond acceptors (Lipinski definition) is 6. The van der Waals surface area contributed by atoms with Gasteiger partial charge >= 0.3 is 5.97 Å². The summed E-state index contributed by atoms with van der Waals surface area (Å²) in [5.74, 6) is -0.370. The summed E-state index contributed by atoms with van der Waals surface area (Å²) in [5, 5.41) is 13.4. The minimum atomic E-state index is -0.710. The van der Waals surface area contributed by atoms with Gasteiger partial charge in [-0.1, -0.05) is 12.1 Å². The number of nitrogens with one attached hydrogen (secondary N) is 1. The fourth-order valence-corrected chi connectivity index (χ4v) is 2.39. The third-order valence-electron chi connectivity index (χ3n) is 3.86. The predicted octanol–water partition coefficient (Wildman–Crippen LogP) is 2.43. The third kappa shape index (κ3) is 5.81. The number of amides is 1. The Bertz CT molecular complexity index is 833. The second-order valence-corrected chi connectivity index (χ2v) is 5.78. The number of esters is 1. The van der Waals surface area contributed by atoms with Crippen molar-refractivity contribution in [2.75, 3.05) is 20.3 Å². The highest BCUT2D eigenvalue weighted by Gasteiger charge is 2.15. The Morgan fingerprint density at radius 2 is 1.85 bits per heavy atom. The van der Waals surface area contributed by atoms with Crippen molar-refractivity contribution in [2.24, 2.45) is 0 Å². The van der Waals surface area contributed by atoms with Gasteiger partial charge in [-0.2, -0.15) is 0 Å². The van der Waals surface area contributed by atoms with Gasteiger partial charge in [0.25, 0.3) is 11.6 Å². The SMILES string of the molecule is COc1ccc(CCNC(=O)COC(=O)c2ccc([N+](=O)[O-])c(C)c2)cc1. The van der Waals surface area contributed by atoms with E-state index in [4.69, 9.17) is 9.47 Å². The monoisotopic (exact) mass is 372 g/mol. The first-order valence-corrected chi connectivity index (χ1v) is 8.22. The number of rotatable bonds is 8. The molecule has 0 saturated carbocycles. The van der Waals surface area contributed by atoms with Crippen LogP contribution in [-0.4, -0.2) is 37.1 Å². The first-order chi connectivity index (χ1) is 12.9. The summed E-state index contributed by atoms with van der Waals surface area (Å²) >= 11 is 0. The minimum absolute atomic E-state index is 0.0807. The molecule has 0 fully saturated rings. The lowest BCUT2D eigenvalue weighted by Gasteiger charge is -2.08. The second-order valence-electron chi connectivity index (χ2n) is 5.78. The molecule has 0 heterocycles. The van der Waals surface area contributed by atoms with Crippen LogP contribution in [0.5, 0.6) is 5.75 Å². The van der Waals surface area contributed by atoms with Gasteiger partial charge < -0.3 is 14.8 Å². The highest BCUT2D eigenvalue weighted by Crippen LogP contribution is 2.19. The van der Waals surface area contributed by atoms with E-state index in [1.54, 1.807) is 7.11 Å². The maximum Gasteiger partial charge on any atom is 0.338 e. The van der Waals surface area contributed by atoms with Gasteiger partial charge in [0.2, 0.25) is 0 Å². The Morgan fingerprint density at radius 1 is 1.15 bits per heavy atom. The average molecular weight is 372 g/mol. The number of hydrogen-bond donors (Lipinski definition) is 1. The zero-order valence-electron chi connectivity index (χ0n) is 15.1. The summed E-state index contributed by atoms with van der Waals surface area (Å²) in [4.78, 5) is 34.0. The first-order valence-electron chi connectivity index (χ1n) is 8.22. The van der Waals surface area contributed by atoms with Crippen molar-refractivity contribution in [3.05, 3.63) is 69.3 Å². The highest BCUT2D eigenvalue weighted by atomic mass is 16.6. The first kappa shape index (κ1) is 19.9. The Balaban J connectivity index is 1.76. The molecule has 0 spiro atoms. The zero-order chi connectivity index (χ0) is 19.8. The van der Waals surface area contributed by atoms with Crippen molar-refractivity contribution in [3.8, 4) is 5.75 Å². The van der Waals surface area contributed by atoms with E-state index in [0.29, 0.717) is 18.5 Å². The van der Waals surface area contributed by atoms with Crippen LogP contribution in [0.25, 0.3) is 0 Å². The average Bonchev–Trinajstić information content (AvgIpc) is 2.66. The molecule has 2 aromatic carbocycles. The molecule has 2 rings (SSSR count). The van der Waals surface area contributed by atoms with Crippen LogP contribution < -0.4 is 10.1 Å². The topological polar surface area (TPSA) is 108 Å². The van der Waals surface area contributed by atoms with Crippen molar-refractivity contribution in [2.45, 2.75) is 13.3 Å². The molecular weight excluding hydrogens is 352 g/mol. The number of nitro benzene ring substituents is 1. The van der Waals surface area contributed by atoms with Crippen molar-refractivity contribution < 1.29 is 24.0 Å². The van der Waals surface area contributed by atoms with Crippen molar-refractivity contribution in [3.63, 3.8) is 0 Å². The molecule has 0 aliphatic carbocycles. The van der Waals surface area contributed by atoms with Crippen LogP contribution in [-0.2, 0) is 16.0 Å². The van der Waals surface area contributed by atoms with Crippen LogP contribution in [0, 0.1) is 17.0 Å². The van der Waals surface area contributed by atoms with E-state index >= 15 is 0 Å². The lowest BCUT2D eigenvalue weighted by atomic mass is 10.1. The lowest BCUT2D eigenvalue weighted by molar-refractivity contribution is -0.385. The standard InChI is InChI=1S/C19H20N2O6/c1-13-11-15(5-8-17(13)21(24)25)19(23)27-12-18(22)20-10-9-14-3-6-16(26-2)7-4-14/h3-8,11H,9-10,12H2,1-2H3,(H,20,22). The van der Waals surface area contributed by atoms with Gasteiger partial charge in [-0.05, 0) is 43.2 Å². The number of carbonyl (C=O) groups excluding carboxylic acids is 2. The van der Waals surface area contributed by atoms with E-state index in [-0.39, 0.29) is 11.3 Å². The lowest BCUT2D eigenvalue weighted by Crippen LogP contribution is -2.30. The molecule has 0 aliphatic rings. The summed E-state index contributed by atoms with van der Waals surface area (Å²) in [6.07, 6.45) is 0.630. The number of methoxy groups -OCH3 is 1. The smallest absolute Gasteiger partial charge is 0.338 e. The summed E-state index contributed by atoms with van der Waals surface area (Å²) in [7, 11) is 1.59. The van der Waals surface area contributed by atoms with Gasteiger partial charge in [0, 0.05) is 18.2 Å². The normalized spacial score (nSPS) is 10.1. The molecule has 0 aromatic heterocycles. The second kappa shape index (κ2) is 9.33. The number of aryl methyl sites for hydroxylation is 1. The number of nitro groups is 1. The van der Waals surface area contributed by atoms with E-state index in [1.807, 2.05) is 24.3 Å². The molecule has 142 valence electrons. The molecule has 8 heteroatoms.